The Hall–Kier alpha value is -1.87. The van der Waals surface area contributed by atoms with Gasteiger partial charge in [0.05, 0.1) is 5.92 Å². The average molecular weight is 284 g/mol. The van der Waals surface area contributed by atoms with Gasteiger partial charge in [0.1, 0.15) is 0 Å². The lowest BCUT2D eigenvalue weighted by molar-refractivity contribution is -0.120. The van der Waals surface area contributed by atoms with E-state index in [4.69, 9.17) is 5.73 Å². The molecule has 2 aromatic rings. The van der Waals surface area contributed by atoms with Crippen LogP contribution in [0.4, 0.5) is 5.69 Å². The van der Waals surface area contributed by atoms with Crippen molar-refractivity contribution in [2.45, 2.75) is 27.2 Å². The first-order chi connectivity index (χ1) is 9.90. The highest BCUT2D eigenvalue weighted by molar-refractivity contribution is 6.02. The summed E-state index contributed by atoms with van der Waals surface area (Å²) >= 11 is 0. The molecule has 21 heavy (non-hydrogen) atoms. The number of fused-ring (bicyclic) bond motifs is 1. The molecule has 0 bridgehead atoms. The third-order valence-electron chi connectivity index (χ3n) is 3.56. The fraction of sp³-hybridized carbons (Fsp3) is 0.389. The summed E-state index contributed by atoms with van der Waals surface area (Å²) in [5.74, 6) is -0.159. The van der Waals surface area contributed by atoms with Gasteiger partial charge in [-0.15, -0.1) is 0 Å². The molecule has 1 atom stereocenters. The quantitative estimate of drug-likeness (QED) is 0.897. The predicted octanol–water partition coefficient (Wildman–Crippen LogP) is 3.79. The van der Waals surface area contributed by atoms with Crippen LogP contribution in [0.1, 0.15) is 27.2 Å². The minimum atomic E-state index is -0.163. The summed E-state index contributed by atoms with van der Waals surface area (Å²) in [5.41, 5.74) is 6.72. The van der Waals surface area contributed by atoms with E-state index in [-0.39, 0.29) is 17.2 Å². The minimum absolute atomic E-state index is 0.00350. The highest BCUT2D eigenvalue weighted by atomic mass is 16.1. The molecular weight excluding hydrogens is 260 g/mol. The Kier molecular flexibility index (Phi) is 4.63. The van der Waals surface area contributed by atoms with Crippen LogP contribution in [-0.2, 0) is 4.79 Å². The second-order valence-corrected chi connectivity index (χ2v) is 6.71. The molecule has 0 aliphatic heterocycles. The smallest absolute Gasteiger partial charge is 0.228 e. The second-order valence-electron chi connectivity index (χ2n) is 6.71. The molecule has 1 unspecified atom stereocenters. The topological polar surface area (TPSA) is 55.1 Å². The zero-order valence-electron chi connectivity index (χ0n) is 13.0. The number of anilines is 1. The first-order valence-corrected chi connectivity index (χ1v) is 7.39. The molecule has 2 rings (SSSR count). The lowest BCUT2D eigenvalue weighted by atomic mass is 9.84. The van der Waals surface area contributed by atoms with Gasteiger partial charge in [-0.2, -0.15) is 0 Å². The van der Waals surface area contributed by atoms with Gasteiger partial charge >= 0.3 is 0 Å². The normalized spacial score (nSPS) is 13.1. The summed E-state index contributed by atoms with van der Waals surface area (Å²) in [6.07, 6.45) is 0.778. The summed E-state index contributed by atoms with van der Waals surface area (Å²) in [7, 11) is 0. The third kappa shape index (κ3) is 4.05. The van der Waals surface area contributed by atoms with Gasteiger partial charge in [-0.25, -0.2) is 0 Å². The van der Waals surface area contributed by atoms with Crippen LogP contribution in [0.5, 0.6) is 0 Å². The summed E-state index contributed by atoms with van der Waals surface area (Å²) < 4.78 is 0. The number of nitrogens with one attached hydrogen (secondary N) is 1. The predicted molar refractivity (Wildman–Crippen MR) is 89.2 cm³/mol. The van der Waals surface area contributed by atoms with Gasteiger partial charge in [0.15, 0.2) is 0 Å². The van der Waals surface area contributed by atoms with Crippen LogP contribution in [0, 0.1) is 11.3 Å². The maximum Gasteiger partial charge on any atom is 0.228 e. The standard InChI is InChI=1S/C18H24N2O/c1-18(2,3)11-14(12-19)17(21)20-16-10-6-8-13-7-4-5-9-15(13)16/h4-10,14H,11-12,19H2,1-3H3,(H,20,21). The molecule has 0 saturated carbocycles. The molecule has 0 saturated heterocycles. The van der Waals surface area contributed by atoms with Crippen LogP contribution >= 0.6 is 0 Å². The van der Waals surface area contributed by atoms with Crippen LogP contribution in [-0.4, -0.2) is 12.5 Å². The molecule has 3 nitrogen and oxygen atoms in total. The van der Waals surface area contributed by atoms with E-state index in [2.05, 4.69) is 26.1 Å². The van der Waals surface area contributed by atoms with Gasteiger partial charge in [-0.3, -0.25) is 4.79 Å². The van der Waals surface area contributed by atoms with Crippen LogP contribution in [0.3, 0.4) is 0 Å². The maximum atomic E-state index is 12.5. The Morgan fingerprint density at radius 2 is 1.81 bits per heavy atom. The van der Waals surface area contributed by atoms with E-state index in [0.717, 1.165) is 22.9 Å². The van der Waals surface area contributed by atoms with Crippen molar-refractivity contribution < 1.29 is 4.79 Å². The zero-order chi connectivity index (χ0) is 15.5. The minimum Gasteiger partial charge on any atom is -0.330 e. The number of rotatable bonds is 4. The van der Waals surface area contributed by atoms with Crippen molar-refractivity contribution in [2.75, 3.05) is 11.9 Å². The number of hydrogen-bond donors (Lipinski definition) is 2. The van der Waals surface area contributed by atoms with Gasteiger partial charge in [0.2, 0.25) is 5.91 Å². The molecule has 1 amide bonds. The van der Waals surface area contributed by atoms with Gasteiger partial charge < -0.3 is 11.1 Å². The van der Waals surface area contributed by atoms with E-state index in [1.807, 2.05) is 42.5 Å². The van der Waals surface area contributed by atoms with Crippen molar-refractivity contribution in [3.63, 3.8) is 0 Å². The van der Waals surface area contributed by atoms with E-state index < -0.39 is 0 Å². The van der Waals surface area contributed by atoms with Gasteiger partial charge in [0, 0.05) is 17.6 Å². The summed E-state index contributed by atoms with van der Waals surface area (Å²) in [6.45, 7) is 6.75. The molecule has 0 aliphatic carbocycles. The van der Waals surface area contributed by atoms with E-state index in [9.17, 15) is 4.79 Å². The number of amides is 1. The summed E-state index contributed by atoms with van der Waals surface area (Å²) in [4.78, 5) is 12.5. The molecule has 2 aromatic carbocycles. The maximum absolute atomic E-state index is 12.5. The van der Waals surface area contributed by atoms with Crippen LogP contribution in [0.15, 0.2) is 42.5 Å². The van der Waals surface area contributed by atoms with Crippen molar-refractivity contribution in [1.82, 2.24) is 0 Å². The molecular formula is C18H24N2O. The Bertz CT molecular complexity index is 623. The van der Waals surface area contributed by atoms with Gasteiger partial charge in [0.25, 0.3) is 0 Å². The number of carbonyl (C=O) groups excluding carboxylic acids is 1. The fourth-order valence-electron chi connectivity index (χ4n) is 2.59. The molecule has 112 valence electrons. The van der Waals surface area contributed by atoms with Gasteiger partial charge in [-0.05, 0) is 23.3 Å². The zero-order valence-corrected chi connectivity index (χ0v) is 13.0. The van der Waals surface area contributed by atoms with Crippen molar-refractivity contribution in [3.05, 3.63) is 42.5 Å². The fourth-order valence-corrected chi connectivity index (χ4v) is 2.59. The van der Waals surface area contributed by atoms with E-state index in [1.165, 1.54) is 0 Å². The SMILES string of the molecule is CC(C)(C)CC(CN)C(=O)Nc1cccc2ccccc12. The monoisotopic (exact) mass is 284 g/mol. The number of hydrogen-bond acceptors (Lipinski definition) is 2. The molecule has 0 fully saturated rings. The van der Waals surface area contributed by atoms with E-state index in [1.54, 1.807) is 0 Å². The second kappa shape index (κ2) is 6.27. The first-order valence-electron chi connectivity index (χ1n) is 7.39. The lowest BCUT2D eigenvalue weighted by Crippen LogP contribution is -2.32. The van der Waals surface area contributed by atoms with Crippen molar-refractivity contribution in [2.24, 2.45) is 17.1 Å². The first kappa shape index (κ1) is 15.5. The number of carbonyl (C=O) groups is 1. The Morgan fingerprint density at radius 1 is 1.14 bits per heavy atom. The van der Waals surface area contributed by atoms with Crippen molar-refractivity contribution >= 4 is 22.4 Å². The molecule has 0 heterocycles. The summed E-state index contributed by atoms with van der Waals surface area (Å²) in [6, 6.07) is 14.0. The molecule has 0 aromatic heterocycles. The largest absolute Gasteiger partial charge is 0.330 e. The van der Waals surface area contributed by atoms with Crippen molar-refractivity contribution in [3.8, 4) is 0 Å². The van der Waals surface area contributed by atoms with E-state index >= 15 is 0 Å². The molecule has 3 N–H and O–H groups in total. The lowest BCUT2D eigenvalue weighted by Gasteiger charge is -2.24. The highest BCUT2D eigenvalue weighted by Gasteiger charge is 2.24. The molecule has 0 spiro atoms. The number of nitrogens with two attached hydrogens (primary N) is 1. The average Bonchev–Trinajstić information content (AvgIpc) is 2.44. The Balaban J connectivity index is 2.21. The molecule has 0 radical (unpaired) electrons. The number of benzene rings is 2. The Morgan fingerprint density at radius 3 is 2.48 bits per heavy atom. The Labute approximate surface area is 126 Å². The van der Waals surface area contributed by atoms with Crippen molar-refractivity contribution in [1.29, 1.82) is 0 Å². The molecule has 0 aliphatic rings. The van der Waals surface area contributed by atoms with E-state index in [0.29, 0.717) is 6.54 Å². The third-order valence-corrected chi connectivity index (χ3v) is 3.56. The van der Waals surface area contributed by atoms with Gasteiger partial charge in [-0.1, -0.05) is 57.2 Å². The summed E-state index contributed by atoms with van der Waals surface area (Å²) in [5, 5.41) is 5.22. The van der Waals surface area contributed by atoms with Crippen LogP contribution in [0.25, 0.3) is 10.8 Å². The highest BCUT2D eigenvalue weighted by Crippen LogP contribution is 2.27. The van der Waals surface area contributed by atoms with Crippen LogP contribution in [0.2, 0.25) is 0 Å². The molecule has 3 heteroatoms. The van der Waals surface area contributed by atoms with Crippen LogP contribution < -0.4 is 11.1 Å².